The van der Waals surface area contributed by atoms with Gasteiger partial charge in [0.05, 0.1) is 12.3 Å². The van der Waals surface area contributed by atoms with Crippen LogP contribution < -0.4 is 4.90 Å². The molecule has 3 aromatic rings. The molecule has 0 saturated carbocycles. The molecule has 3 aromatic heterocycles. The molecule has 0 aromatic carbocycles. The van der Waals surface area contributed by atoms with Gasteiger partial charge in [0.25, 0.3) is 6.01 Å². The summed E-state index contributed by atoms with van der Waals surface area (Å²) in [4.78, 5) is 17.5. The van der Waals surface area contributed by atoms with Crippen LogP contribution in [0.2, 0.25) is 0 Å². The molecule has 0 fully saturated rings. The number of hydrogen-bond acceptors (Lipinski definition) is 6. The fourth-order valence-corrected chi connectivity index (χ4v) is 2.19. The molecule has 0 saturated heterocycles. The van der Waals surface area contributed by atoms with Crippen molar-refractivity contribution in [3.8, 4) is 17.5 Å². The molecule has 0 atom stereocenters. The molecule has 0 bridgehead atoms. The lowest BCUT2D eigenvalue weighted by Gasteiger charge is -2.15. The smallest absolute Gasteiger partial charge is 0.298 e. The Morgan fingerprint density at radius 2 is 2.29 bits per heavy atom. The van der Waals surface area contributed by atoms with Crippen molar-refractivity contribution in [1.82, 2.24) is 19.9 Å². The van der Waals surface area contributed by atoms with E-state index in [2.05, 4.69) is 26.0 Å². The van der Waals surface area contributed by atoms with Gasteiger partial charge in [0, 0.05) is 18.1 Å². The number of rotatable bonds is 5. The van der Waals surface area contributed by atoms with E-state index in [9.17, 15) is 0 Å². The molecule has 7 nitrogen and oxygen atoms in total. The molecular formula is C14H14N6O. The van der Waals surface area contributed by atoms with E-state index < -0.39 is 0 Å². The summed E-state index contributed by atoms with van der Waals surface area (Å²) in [7, 11) is 0. The van der Waals surface area contributed by atoms with Crippen LogP contribution in [-0.2, 0) is 0 Å². The van der Waals surface area contributed by atoms with Crippen molar-refractivity contribution in [3.05, 3.63) is 24.8 Å². The summed E-state index contributed by atoms with van der Waals surface area (Å²) in [5.74, 6) is 0.566. The molecule has 0 unspecified atom stereocenters. The number of nitrogens with zero attached hydrogens (tertiary/aromatic N) is 5. The van der Waals surface area contributed by atoms with Gasteiger partial charge >= 0.3 is 0 Å². The Balaban J connectivity index is 1.98. The lowest BCUT2D eigenvalue weighted by molar-refractivity contribution is 0.549. The van der Waals surface area contributed by atoms with Crippen LogP contribution >= 0.6 is 0 Å². The average Bonchev–Trinajstić information content (AvgIpc) is 3.15. The zero-order valence-corrected chi connectivity index (χ0v) is 11.6. The van der Waals surface area contributed by atoms with E-state index in [0.29, 0.717) is 17.5 Å². The van der Waals surface area contributed by atoms with Crippen LogP contribution in [0.1, 0.15) is 13.3 Å². The second kappa shape index (κ2) is 5.63. The number of aromatic amines is 1. The van der Waals surface area contributed by atoms with Crippen molar-refractivity contribution in [2.45, 2.75) is 13.3 Å². The van der Waals surface area contributed by atoms with Gasteiger partial charge in [-0.1, -0.05) is 6.92 Å². The molecule has 0 amide bonds. The van der Waals surface area contributed by atoms with E-state index in [-0.39, 0.29) is 6.54 Å². The normalized spacial score (nSPS) is 10.7. The second-order valence-electron chi connectivity index (χ2n) is 4.55. The first kappa shape index (κ1) is 13.1. The highest BCUT2D eigenvalue weighted by atomic mass is 16.4. The zero-order valence-electron chi connectivity index (χ0n) is 11.6. The van der Waals surface area contributed by atoms with Crippen molar-refractivity contribution in [3.63, 3.8) is 0 Å². The number of hydrogen-bond donors (Lipinski definition) is 1. The summed E-state index contributed by atoms with van der Waals surface area (Å²) in [5.41, 5.74) is 1.44. The maximum atomic E-state index is 8.88. The summed E-state index contributed by atoms with van der Waals surface area (Å²) in [5, 5.41) is 9.75. The number of nitriles is 1. The summed E-state index contributed by atoms with van der Waals surface area (Å²) in [6.45, 7) is 3.01. The fraction of sp³-hybridized carbons (Fsp3) is 0.286. The van der Waals surface area contributed by atoms with Gasteiger partial charge in [0.15, 0.2) is 5.76 Å². The van der Waals surface area contributed by atoms with Crippen LogP contribution in [0.5, 0.6) is 0 Å². The van der Waals surface area contributed by atoms with Crippen LogP contribution in [0.15, 0.2) is 29.2 Å². The van der Waals surface area contributed by atoms with E-state index in [1.165, 1.54) is 6.33 Å². The Hall–Kier alpha value is -2.88. The average molecular weight is 282 g/mol. The maximum Gasteiger partial charge on any atom is 0.298 e. The molecule has 0 aliphatic carbocycles. The predicted molar refractivity (Wildman–Crippen MR) is 77.5 cm³/mol. The molecule has 0 aliphatic heterocycles. The van der Waals surface area contributed by atoms with Gasteiger partial charge in [0.2, 0.25) is 0 Å². The maximum absolute atomic E-state index is 8.88. The highest BCUT2D eigenvalue weighted by molar-refractivity contribution is 5.88. The molecule has 0 aliphatic rings. The Labute approximate surface area is 121 Å². The van der Waals surface area contributed by atoms with Gasteiger partial charge in [-0.25, -0.2) is 15.0 Å². The molecule has 7 heteroatoms. The number of fused-ring (bicyclic) bond motifs is 1. The van der Waals surface area contributed by atoms with Crippen LogP contribution in [-0.4, -0.2) is 33.0 Å². The third kappa shape index (κ3) is 2.43. The number of oxazole rings is 1. The van der Waals surface area contributed by atoms with Crippen LogP contribution in [0, 0.1) is 11.3 Å². The first-order valence-electron chi connectivity index (χ1n) is 6.69. The molecule has 21 heavy (non-hydrogen) atoms. The van der Waals surface area contributed by atoms with Gasteiger partial charge < -0.3 is 14.3 Å². The molecule has 3 heterocycles. The monoisotopic (exact) mass is 282 g/mol. The number of aromatic nitrogens is 4. The van der Waals surface area contributed by atoms with E-state index in [1.807, 2.05) is 13.0 Å². The quantitative estimate of drug-likeness (QED) is 0.722. The minimum atomic E-state index is 0.247. The minimum Gasteiger partial charge on any atom is -0.422 e. The molecule has 1 N–H and O–H groups in total. The third-order valence-electron chi connectivity index (χ3n) is 3.11. The number of nitrogens with one attached hydrogen (secondary N) is 1. The van der Waals surface area contributed by atoms with Gasteiger partial charge in [-0.15, -0.1) is 0 Å². The Bertz CT molecular complexity index is 784. The van der Waals surface area contributed by atoms with Gasteiger partial charge in [-0.05, 0) is 12.5 Å². The fourth-order valence-electron chi connectivity index (χ4n) is 2.19. The lowest BCUT2D eigenvalue weighted by atomic mass is 10.2. The highest BCUT2D eigenvalue weighted by Crippen LogP contribution is 2.27. The first-order chi connectivity index (χ1) is 10.3. The van der Waals surface area contributed by atoms with Crippen LogP contribution in [0.4, 0.5) is 6.01 Å². The summed E-state index contributed by atoms with van der Waals surface area (Å²) < 4.78 is 5.77. The summed E-state index contributed by atoms with van der Waals surface area (Å²) in [6.07, 6.45) is 5.83. The van der Waals surface area contributed by atoms with Gasteiger partial charge in [-0.2, -0.15) is 5.26 Å². The first-order valence-corrected chi connectivity index (χ1v) is 6.69. The van der Waals surface area contributed by atoms with E-state index >= 15 is 0 Å². The molecule has 106 valence electrons. The topological polar surface area (TPSA) is 94.6 Å². The van der Waals surface area contributed by atoms with Crippen molar-refractivity contribution in [2.24, 2.45) is 0 Å². The van der Waals surface area contributed by atoms with E-state index in [4.69, 9.17) is 9.68 Å². The molecule has 0 spiro atoms. The third-order valence-corrected chi connectivity index (χ3v) is 3.11. The molecule has 0 radical (unpaired) electrons. The molecule has 3 rings (SSSR count). The Kier molecular flexibility index (Phi) is 3.51. The van der Waals surface area contributed by atoms with Crippen molar-refractivity contribution in [2.75, 3.05) is 18.0 Å². The van der Waals surface area contributed by atoms with Gasteiger partial charge in [-0.3, -0.25) is 0 Å². The Morgan fingerprint density at radius 3 is 3.10 bits per heavy atom. The number of anilines is 1. The number of H-pyrrole nitrogens is 1. The lowest BCUT2D eigenvalue weighted by Crippen LogP contribution is -2.24. The van der Waals surface area contributed by atoms with Gasteiger partial charge in [0.1, 0.15) is 24.2 Å². The minimum absolute atomic E-state index is 0.247. The second-order valence-corrected chi connectivity index (χ2v) is 4.55. The van der Waals surface area contributed by atoms with E-state index in [1.54, 1.807) is 17.3 Å². The van der Waals surface area contributed by atoms with Crippen molar-refractivity contribution < 1.29 is 4.42 Å². The summed E-state index contributed by atoms with van der Waals surface area (Å²) >= 11 is 0. The molecular weight excluding hydrogens is 268 g/mol. The van der Waals surface area contributed by atoms with Crippen molar-refractivity contribution >= 4 is 17.0 Å². The van der Waals surface area contributed by atoms with Crippen molar-refractivity contribution in [1.29, 1.82) is 5.26 Å². The summed E-state index contributed by atoms with van der Waals surface area (Å²) in [6, 6.07) is 4.46. The van der Waals surface area contributed by atoms with E-state index in [0.717, 1.165) is 24.0 Å². The zero-order chi connectivity index (χ0) is 14.7. The predicted octanol–water partition coefficient (Wildman–Crippen LogP) is 2.35. The van der Waals surface area contributed by atoms with Crippen LogP contribution in [0.25, 0.3) is 22.5 Å². The van der Waals surface area contributed by atoms with Crippen LogP contribution in [0.3, 0.4) is 0 Å². The highest BCUT2D eigenvalue weighted by Gasteiger charge is 2.16. The standard InChI is InChI=1S/C14H14N6O/c1-2-6-20(7-4-15)14-17-8-11(21-14)12-10-3-5-16-13(10)19-9-18-12/h3,5,8-9H,2,6-7H2,1H3,(H,16,18,19). The Morgan fingerprint density at radius 1 is 1.38 bits per heavy atom. The SMILES string of the molecule is CCCN(CC#N)c1ncc(-c2ncnc3[nH]ccc23)o1. The largest absolute Gasteiger partial charge is 0.422 e.